The maximum Gasteiger partial charge on any atom is 0.268 e. The molecule has 1 aromatic heterocycles. The van der Waals surface area contributed by atoms with Crippen LogP contribution in [0.1, 0.15) is 68.9 Å². The smallest absolute Gasteiger partial charge is 0.268 e. The van der Waals surface area contributed by atoms with E-state index in [4.69, 9.17) is 5.73 Å². The zero-order chi connectivity index (χ0) is 13.8. The summed E-state index contributed by atoms with van der Waals surface area (Å²) < 4.78 is 1.95. The summed E-state index contributed by atoms with van der Waals surface area (Å²) in [5.74, 6) is 0.0114. The van der Waals surface area contributed by atoms with Crippen LogP contribution >= 0.6 is 0 Å². The second-order valence-electron chi connectivity index (χ2n) is 5.82. The number of hydrogen-bond acceptors (Lipinski definition) is 2. The van der Waals surface area contributed by atoms with Crippen molar-refractivity contribution in [3.63, 3.8) is 0 Å². The summed E-state index contributed by atoms with van der Waals surface area (Å²) >= 11 is 0. The van der Waals surface area contributed by atoms with Gasteiger partial charge in [0, 0.05) is 18.3 Å². The van der Waals surface area contributed by atoms with Crippen molar-refractivity contribution in [3.8, 4) is 0 Å². The van der Waals surface area contributed by atoms with Crippen LogP contribution in [0.4, 0.5) is 5.69 Å². The topological polar surface area (TPSA) is 60.0 Å². The van der Waals surface area contributed by atoms with Gasteiger partial charge < -0.3 is 15.6 Å². The molecule has 0 unspecified atom stereocenters. The van der Waals surface area contributed by atoms with Crippen molar-refractivity contribution in [2.24, 2.45) is 0 Å². The molecule has 106 valence electrons. The average Bonchev–Trinajstić information content (AvgIpc) is 2.58. The van der Waals surface area contributed by atoms with Gasteiger partial charge in [-0.3, -0.25) is 4.79 Å². The van der Waals surface area contributed by atoms with Crippen LogP contribution in [0.25, 0.3) is 0 Å². The Morgan fingerprint density at radius 1 is 1.32 bits per heavy atom. The molecule has 1 aliphatic carbocycles. The van der Waals surface area contributed by atoms with Gasteiger partial charge in [0.2, 0.25) is 0 Å². The third kappa shape index (κ3) is 3.52. The van der Waals surface area contributed by atoms with Gasteiger partial charge in [0.25, 0.3) is 5.91 Å². The SMILES string of the molecule is CC(C)n1cc(N)cc1C(=O)NC1CCCCCC1. The van der Waals surface area contributed by atoms with Crippen molar-refractivity contribution >= 4 is 11.6 Å². The lowest BCUT2D eigenvalue weighted by Crippen LogP contribution is -2.35. The van der Waals surface area contributed by atoms with Gasteiger partial charge in [0.05, 0.1) is 5.69 Å². The lowest BCUT2D eigenvalue weighted by molar-refractivity contribution is 0.0922. The monoisotopic (exact) mass is 263 g/mol. The number of nitrogen functional groups attached to an aromatic ring is 1. The first kappa shape index (κ1) is 14.0. The number of nitrogens with one attached hydrogen (secondary N) is 1. The van der Waals surface area contributed by atoms with Crippen molar-refractivity contribution in [2.75, 3.05) is 5.73 Å². The zero-order valence-corrected chi connectivity index (χ0v) is 12.0. The van der Waals surface area contributed by atoms with Crippen LogP contribution in [0.15, 0.2) is 12.3 Å². The molecular weight excluding hydrogens is 238 g/mol. The van der Waals surface area contributed by atoms with Gasteiger partial charge in [-0.15, -0.1) is 0 Å². The molecular formula is C15H25N3O. The minimum absolute atomic E-state index is 0.0114. The van der Waals surface area contributed by atoms with E-state index in [9.17, 15) is 4.79 Å². The molecule has 1 heterocycles. The number of rotatable bonds is 3. The van der Waals surface area contributed by atoms with E-state index >= 15 is 0 Å². The molecule has 0 spiro atoms. The first-order valence-corrected chi connectivity index (χ1v) is 7.36. The van der Waals surface area contributed by atoms with Gasteiger partial charge in [-0.25, -0.2) is 0 Å². The first-order chi connectivity index (χ1) is 9.08. The summed E-state index contributed by atoms with van der Waals surface area (Å²) in [5.41, 5.74) is 7.14. The Labute approximate surface area is 115 Å². The number of carbonyl (C=O) groups is 1. The number of aromatic nitrogens is 1. The van der Waals surface area contributed by atoms with Crippen LogP contribution in [-0.4, -0.2) is 16.5 Å². The molecule has 1 fully saturated rings. The van der Waals surface area contributed by atoms with Crippen LogP contribution < -0.4 is 11.1 Å². The third-order valence-electron chi connectivity index (χ3n) is 3.85. The molecule has 0 atom stereocenters. The fraction of sp³-hybridized carbons (Fsp3) is 0.667. The minimum atomic E-state index is 0.0114. The van der Waals surface area contributed by atoms with Crippen molar-refractivity contribution in [1.82, 2.24) is 9.88 Å². The van der Waals surface area contributed by atoms with Crippen LogP contribution in [-0.2, 0) is 0 Å². The van der Waals surface area contributed by atoms with Gasteiger partial charge in [-0.05, 0) is 32.8 Å². The molecule has 0 aliphatic heterocycles. The van der Waals surface area contributed by atoms with E-state index in [1.54, 1.807) is 6.07 Å². The second kappa shape index (κ2) is 6.13. The third-order valence-corrected chi connectivity index (χ3v) is 3.85. The summed E-state index contributed by atoms with van der Waals surface area (Å²) in [7, 11) is 0. The van der Waals surface area contributed by atoms with Gasteiger partial charge >= 0.3 is 0 Å². The standard InChI is InChI=1S/C15H25N3O/c1-11(2)18-10-12(16)9-14(18)15(19)17-13-7-5-3-4-6-8-13/h9-11,13H,3-8,16H2,1-2H3,(H,17,19). The Kier molecular flexibility index (Phi) is 4.51. The van der Waals surface area contributed by atoms with Crippen LogP contribution in [0, 0.1) is 0 Å². The largest absolute Gasteiger partial charge is 0.397 e. The number of anilines is 1. The summed E-state index contributed by atoms with van der Waals surface area (Å²) in [6.07, 6.45) is 9.07. The van der Waals surface area contributed by atoms with E-state index in [1.165, 1.54) is 25.7 Å². The number of hydrogen-bond donors (Lipinski definition) is 2. The maximum absolute atomic E-state index is 12.4. The maximum atomic E-state index is 12.4. The van der Waals surface area contributed by atoms with Gasteiger partial charge in [0.15, 0.2) is 0 Å². The number of carbonyl (C=O) groups excluding carboxylic acids is 1. The lowest BCUT2D eigenvalue weighted by Gasteiger charge is -2.18. The number of nitrogens with two attached hydrogens (primary N) is 1. The van der Waals surface area contributed by atoms with E-state index in [0.29, 0.717) is 17.4 Å². The Morgan fingerprint density at radius 2 is 1.95 bits per heavy atom. The van der Waals surface area contributed by atoms with Crippen LogP contribution in [0.5, 0.6) is 0 Å². The molecule has 2 rings (SSSR count). The fourth-order valence-electron chi connectivity index (χ4n) is 2.79. The normalized spacial score (nSPS) is 17.4. The molecule has 1 amide bonds. The highest BCUT2D eigenvalue weighted by atomic mass is 16.2. The molecule has 1 aliphatic rings. The molecule has 0 radical (unpaired) electrons. The lowest BCUT2D eigenvalue weighted by atomic mass is 10.1. The second-order valence-corrected chi connectivity index (χ2v) is 5.82. The summed E-state index contributed by atoms with van der Waals surface area (Å²) in [6, 6.07) is 2.34. The van der Waals surface area contributed by atoms with Gasteiger partial charge in [-0.2, -0.15) is 0 Å². The molecule has 19 heavy (non-hydrogen) atoms. The van der Waals surface area contributed by atoms with Crippen LogP contribution in [0.2, 0.25) is 0 Å². The quantitative estimate of drug-likeness (QED) is 0.823. The van der Waals surface area contributed by atoms with E-state index in [2.05, 4.69) is 19.2 Å². The highest BCUT2D eigenvalue weighted by Gasteiger charge is 2.19. The molecule has 1 aromatic rings. The average molecular weight is 263 g/mol. The minimum Gasteiger partial charge on any atom is -0.397 e. The van der Waals surface area contributed by atoms with Crippen molar-refractivity contribution < 1.29 is 4.79 Å². The Bertz CT molecular complexity index is 429. The number of amides is 1. The van der Waals surface area contributed by atoms with Crippen molar-refractivity contribution in [2.45, 2.75) is 64.5 Å². The highest BCUT2D eigenvalue weighted by Crippen LogP contribution is 2.20. The highest BCUT2D eigenvalue weighted by molar-refractivity contribution is 5.94. The predicted molar refractivity (Wildman–Crippen MR) is 78.2 cm³/mol. The van der Waals surface area contributed by atoms with Crippen LogP contribution in [0.3, 0.4) is 0 Å². The van der Waals surface area contributed by atoms with Gasteiger partial charge in [0.1, 0.15) is 5.69 Å². The molecule has 3 N–H and O–H groups in total. The van der Waals surface area contributed by atoms with Crippen molar-refractivity contribution in [3.05, 3.63) is 18.0 Å². The first-order valence-electron chi connectivity index (χ1n) is 7.36. The molecule has 0 saturated heterocycles. The van der Waals surface area contributed by atoms with Gasteiger partial charge in [-0.1, -0.05) is 25.7 Å². The van der Waals surface area contributed by atoms with E-state index in [0.717, 1.165) is 12.8 Å². The zero-order valence-electron chi connectivity index (χ0n) is 12.0. The fourth-order valence-corrected chi connectivity index (χ4v) is 2.79. The summed E-state index contributed by atoms with van der Waals surface area (Å²) in [4.78, 5) is 12.4. The van der Waals surface area contributed by atoms with E-state index in [1.807, 2.05) is 10.8 Å². The molecule has 1 saturated carbocycles. The number of nitrogens with zero attached hydrogens (tertiary/aromatic N) is 1. The predicted octanol–water partition coefficient (Wildman–Crippen LogP) is 3.10. The van der Waals surface area contributed by atoms with Crippen molar-refractivity contribution in [1.29, 1.82) is 0 Å². The summed E-state index contributed by atoms with van der Waals surface area (Å²) in [5, 5.41) is 3.17. The Hall–Kier alpha value is -1.45. The molecule has 0 bridgehead atoms. The summed E-state index contributed by atoms with van der Waals surface area (Å²) in [6.45, 7) is 4.11. The Morgan fingerprint density at radius 3 is 2.53 bits per heavy atom. The molecule has 0 aromatic carbocycles. The molecule has 4 nitrogen and oxygen atoms in total. The Balaban J connectivity index is 2.06. The van der Waals surface area contributed by atoms with E-state index < -0.39 is 0 Å². The van der Waals surface area contributed by atoms with E-state index in [-0.39, 0.29) is 11.9 Å². The molecule has 4 heteroatoms.